The average molecular weight is 350 g/mol. The smallest absolute Gasteiger partial charge is 0.282 e. The molecule has 0 bridgehead atoms. The summed E-state index contributed by atoms with van der Waals surface area (Å²) in [4.78, 5) is 14.7. The van der Waals surface area contributed by atoms with Gasteiger partial charge in [-0.2, -0.15) is 10.1 Å². The van der Waals surface area contributed by atoms with Crippen LogP contribution in [-0.4, -0.2) is 42.8 Å². The van der Waals surface area contributed by atoms with Gasteiger partial charge >= 0.3 is 0 Å². The third-order valence-electron chi connectivity index (χ3n) is 3.49. The van der Waals surface area contributed by atoms with Crippen LogP contribution in [0.2, 0.25) is 0 Å². The van der Waals surface area contributed by atoms with Crippen molar-refractivity contribution in [1.82, 2.24) is 4.90 Å². The minimum atomic E-state index is -0.0821. The Hall–Kier alpha value is -1.66. The van der Waals surface area contributed by atoms with E-state index in [0.29, 0.717) is 18.8 Å². The van der Waals surface area contributed by atoms with Gasteiger partial charge in [-0.3, -0.25) is 4.79 Å². The molecule has 0 N–H and O–H groups in total. The summed E-state index contributed by atoms with van der Waals surface area (Å²) in [5.41, 5.74) is 2.17. The number of nitrogens with zero attached hydrogens (tertiary/aromatic N) is 3. The van der Waals surface area contributed by atoms with E-state index >= 15 is 0 Å². The SMILES string of the molecule is CC1=NN(c2ccc(Br)cc2)C(=O)/C1=C/N1CCOCC1. The standard InChI is InChI=1S/C15H16BrN3O2/c1-11-14(10-18-6-8-21-9-7-18)15(20)19(17-11)13-4-2-12(16)3-5-13/h2-5,10H,6-9H2,1H3/b14-10+. The van der Waals surface area contributed by atoms with Gasteiger partial charge in [0.1, 0.15) is 0 Å². The number of halogens is 1. The van der Waals surface area contributed by atoms with Crippen molar-refractivity contribution in [1.29, 1.82) is 0 Å². The predicted molar refractivity (Wildman–Crippen MR) is 85.2 cm³/mol. The van der Waals surface area contributed by atoms with Crippen LogP contribution >= 0.6 is 15.9 Å². The molecule has 0 atom stereocenters. The largest absolute Gasteiger partial charge is 0.378 e. The summed E-state index contributed by atoms with van der Waals surface area (Å²) < 4.78 is 6.29. The number of carbonyl (C=O) groups is 1. The minimum absolute atomic E-state index is 0.0821. The van der Waals surface area contributed by atoms with E-state index in [4.69, 9.17) is 4.74 Å². The van der Waals surface area contributed by atoms with Crippen molar-refractivity contribution in [3.8, 4) is 0 Å². The first-order valence-electron chi connectivity index (χ1n) is 6.84. The lowest BCUT2D eigenvalue weighted by Crippen LogP contribution is -2.33. The summed E-state index contributed by atoms with van der Waals surface area (Å²) in [5, 5.41) is 5.83. The van der Waals surface area contributed by atoms with Gasteiger partial charge in [0.2, 0.25) is 0 Å². The van der Waals surface area contributed by atoms with Gasteiger partial charge < -0.3 is 9.64 Å². The molecule has 2 aliphatic rings. The highest BCUT2D eigenvalue weighted by atomic mass is 79.9. The number of rotatable bonds is 2. The molecule has 5 nitrogen and oxygen atoms in total. The van der Waals surface area contributed by atoms with Gasteiger partial charge in [-0.25, -0.2) is 0 Å². The van der Waals surface area contributed by atoms with Crippen molar-refractivity contribution in [2.45, 2.75) is 6.92 Å². The third-order valence-corrected chi connectivity index (χ3v) is 4.02. The number of carbonyl (C=O) groups excluding carboxylic acids is 1. The zero-order valence-electron chi connectivity index (χ0n) is 11.8. The van der Waals surface area contributed by atoms with Gasteiger partial charge in [-0.1, -0.05) is 15.9 Å². The summed E-state index contributed by atoms with van der Waals surface area (Å²) in [6.45, 7) is 4.88. The molecule has 1 amide bonds. The van der Waals surface area contributed by atoms with E-state index in [2.05, 4.69) is 25.9 Å². The molecule has 0 unspecified atom stereocenters. The maximum Gasteiger partial charge on any atom is 0.282 e. The number of amides is 1. The van der Waals surface area contributed by atoms with E-state index in [-0.39, 0.29) is 5.91 Å². The maximum absolute atomic E-state index is 12.5. The van der Waals surface area contributed by atoms with Crippen LogP contribution in [0.5, 0.6) is 0 Å². The zero-order chi connectivity index (χ0) is 14.8. The molecule has 110 valence electrons. The quantitative estimate of drug-likeness (QED) is 0.770. The molecular weight excluding hydrogens is 334 g/mol. The Kier molecular flexibility index (Phi) is 4.07. The van der Waals surface area contributed by atoms with Crippen LogP contribution in [-0.2, 0) is 9.53 Å². The highest BCUT2D eigenvalue weighted by molar-refractivity contribution is 9.10. The molecule has 21 heavy (non-hydrogen) atoms. The molecule has 1 fully saturated rings. The lowest BCUT2D eigenvalue weighted by molar-refractivity contribution is -0.114. The summed E-state index contributed by atoms with van der Waals surface area (Å²) in [6.07, 6.45) is 1.91. The van der Waals surface area contributed by atoms with E-state index in [1.54, 1.807) is 0 Å². The number of hydrogen-bond acceptors (Lipinski definition) is 4. The zero-order valence-corrected chi connectivity index (χ0v) is 13.3. The van der Waals surface area contributed by atoms with Gasteiger partial charge in [-0.15, -0.1) is 0 Å². The van der Waals surface area contributed by atoms with Crippen molar-refractivity contribution in [2.75, 3.05) is 31.3 Å². The second kappa shape index (κ2) is 5.99. The summed E-state index contributed by atoms with van der Waals surface area (Å²) in [7, 11) is 0. The van der Waals surface area contributed by atoms with Crippen molar-refractivity contribution >= 4 is 33.2 Å². The fourth-order valence-corrected chi connectivity index (χ4v) is 2.58. The third kappa shape index (κ3) is 3.01. The first-order valence-corrected chi connectivity index (χ1v) is 7.63. The van der Waals surface area contributed by atoms with E-state index in [0.717, 1.165) is 29.0 Å². The van der Waals surface area contributed by atoms with Crippen molar-refractivity contribution in [2.24, 2.45) is 5.10 Å². The van der Waals surface area contributed by atoms with Crippen LogP contribution in [0.4, 0.5) is 5.69 Å². The van der Waals surface area contributed by atoms with E-state index in [1.165, 1.54) is 5.01 Å². The highest BCUT2D eigenvalue weighted by Gasteiger charge is 2.29. The number of ether oxygens (including phenoxy) is 1. The lowest BCUT2D eigenvalue weighted by Gasteiger charge is -2.25. The first-order chi connectivity index (χ1) is 10.1. The van der Waals surface area contributed by atoms with Gasteiger partial charge in [0.15, 0.2) is 0 Å². The van der Waals surface area contributed by atoms with Crippen molar-refractivity contribution in [3.05, 3.63) is 40.5 Å². The van der Waals surface area contributed by atoms with E-state index in [1.807, 2.05) is 37.4 Å². The maximum atomic E-state index is 12.5. The normalized spacial score (nSPS) is 21.1. The number of morpholine rings is 1. The molecule has 2 aliphatic heterocycles. The molecule has 0 aliphatic carbocycles. The molecule has 1 aromatic carbocycles. The molecule has 1 aromatic rings. The molecule has 6 heteroatoms. The summed E-state index contributed by atoms with van der Waals surface area (Å²) in [6, 6.07) is 7.54. The second-order valence-corrected chi connectivity index (χ2v) is 5.89. The van der Waals surface area contributed by atoms with Crippen LogP contribution in [0.3, 0.4) is 0 Å². The molecule has 0 spiro atoms. The van der Waals surface area contributed by atoms with Crippen LogP contribution in [0, 0.1) is 0 Å². The van der Waals surface area contributed by atoms with Crippen LogP contribution in [0.25, 0.3) is 0 Å². The van der Waals surface area contributed by atoms with Crippen LogP contribution < -0.4 is 5.01 Å². The molecule has 3 rings (SSSR count). The van der Waals surface area contributed by atoms with E-state index in [9.17, 15) is 4.79 Å². The Labute approximate surface area is 132 Å². The van der Waals surface area contributed by atoms with Crippen LogP contribution in [0.15, 0.2) is 45.6 Å². The van der Waals surface area contributed by atoms with Gasteiger partial charge in [0.05, 0.1) is 30.2 Å². The topological polar surface area (TPSA) is 45.1 Å². The van der Waals surface area contributed by atoms with E-state index < -0.39 is 0 Å². The van der Waals surface area contributed by atoms with Gasteiger partial charge in [0.25, 0.3) is 5.91 Å². The Bertz CT molecular complexity index is 604. The minimum Gasteiger partial charge on any atom is -0.378 e. The van der Waals surface area contributed by atoms with Crippen molar-refractivity contribution < 1.29 is 9.53 Å². The predicted octanol–water partition coefficient (Wildman–Crippen LogP) is 2.39. The molecular formula is C15H16BrN3O2. The average Bonchev–Trinajstić information content (AvgIpc) is 2.77. The molecule has 0 aromatic heterocycles. The van der Waals surface area contributed by atoms with Gasteiger partial charge in [-0.05, 0) is 31.2 Å². The number of hydrogen-bond donors (Lipinski definition) is 0. The Balaban J connectivity index is 1.83. The lowest BCUT2D eigenvalue weighted by atomic mass is 10.2. The second-order valence-electron chi connectivity index (χ2n) is 4.97. The molecule has 2 heterocycles. The highest BCUT2D eigenvalue weighted by Crippen LogP contribution is 2.25. The molecule has 0 radical (unpaired) electrons. The van der Waals surface area contributed by atoms with Crippen LogP contribution in [0.1, 0.15) is 6.92 Å². The van der Waals surface area contributed by atoms with Gasteiger partial charge in [0, 0.05) is 23.8 Å². The fraction of sp³-hybridized carbons (Fsp3) is 0.333. The molecule has 1 saturated heterocycles. The Morgan fingerprint density at radius 1 is 1.24 bits per heavy atom. The number of anilines is 1. The Morgan fingerprint density at radius 3 is 2.57 bits per heavy atom. The Morgan fingerprint density at radius 2 is 1.90 bits per heavy atom. The monoisotopic (exact) mass is 349 g/mol. The first kappa shape index (κ1) is 14.3. The summed E-state index contributed by atoms with van der Waals surface area (Å²) >= 11 is 3.39. The number of benzene rings is 1. The van der Waals surface area contributed by atoms with Crippen molar-refractivity contribution in [3.63, 3.8) is 0 Å². The number of hydrazone groups is 1. The molecule has 0 saturated carbocycles. The fourth-order valence-electron chi connectivity index (χ4n) is 2.31. The summed E-state index contributed by atoms with van der Waals surface area (Å²) in [5.74, 6) is -0.0821.